The van der Waals surface area contributed by atoms with E-state index >= 15 is 0 Å². The van der Waals surface area contributed by atoms with Gasteiger partial charge in [-0.3, -0.25) is 0 Å². The molecule has 0 aliphatic rings. The molecule has 0 fully saturated rings. The van der Waals surface area contributed by atoms with E-state index in [0.717, 1.165) is 11.1 Å². The van der Waals surface area contributed by atoms with E-state index in [-0.39, 0.29) is 4.90 Å². The molecule has 0 unspecified atom stereocenters. The minimum atomic E-state index is -3.95. The zero-order valence-electron chi connectivity index (χ0n) is 15.2. The molecule has 0 radical (unpaired) electrons. The van der Waals surface area contributed by atoms with Crippen LogP contribution in [0.4, 0.5) is 0 Å². The average Bonchev–Trinajstić information content (AvgIpc) is 3.12. The smallest absolute Gasteiger partial charge is 0.238 e. The third-order valence-electron chi connectivity index (χ3n) is 4.43. The van der Waals surface area contributed by atoms with E-state index in [1.54, 1.807) is 30.3 Å². The normalized spacial score (nSPS) is 11.5. The molecule has 4 aromatic rings. The molecule has 29 heavy (non-hydrogen) atoms. The maximum Gasteiger partial charge on any atom is 0.238 e. The van der Waals surface area contributed by atoms with Crippen molar-refractivity contribution in [3.8, 4) is 22.6 Å². The highest BCUT2D eigenvalue weighted by molar-refractivity contribution is 7.89. The Kier molecular flexibility index (Phi) is 5.24. The first-order valence-electron chi connectivity index (χ1n) is 8.83. The van der Waals surface area contributed by atoms with Crippen molar-refractivity contribution in [3.63, 3.8) is 0 Å². The summed E-state index contributed by atoms with van der Waals surface area (Å²) in [5.74, 6) is 0.822. The van der Waals surface area contributed by atoms with Gasteiger partial charge in [0.15, 0.2) is 11.7 Å². The summed E-state index contributed by atoms with van der Waals surface area (Å²) >= 11 is 6.01. The third kappa shape index (κ3) is 4.24. The molecule has 0 aliphatic heterocycles. The monoisotopic (exact) mass is 424 g/mol. The third-order valence-corrected chi connectivity index (χ3v) is 5.65. The predicted molar refractivity (Wildman–Crippen MR) is 113 cm³/mol. The molecule has 0 aliphatic carbocycles. The highest BCUT2D eigenvalue weighted by atomic mass is 35.5. The number of benzene rings is 3. The van der Waals surface area contributed by atoms with Crippen molar-refractivity contribution in [1.82, 2.24) is 4.98 Å². The van der Waals surface area contributed by atoms with E-state index in [9.17, 15) is 8.42 Å². The molecule has 7 heteroatoms. The van der Waals surface area contributed by atoms with E-state index in [4.69, 9.17) is 21.2 Å². The summed E-state index contributed by atoms with van der Waals surface area (Å²) in [7, 11) is -3.95. The minimum absolute atomic E-state index is 0.0161. The summed E-state index contributed by atoms with van der Waals surface area (Å²) in [6.07, 6.45) is 0.471. The average molecular weight is 425 g/mol. The molecule has 2 N–H and O–H groups in total. The molecule has 5 nitrogen and oxygen atoms in total. The fourth-order valence-corrected chi connectivity index (χ4v) is 3.96. The topological polar surface area (TPSA) is 86.2 Å². The molecule has 0 saturated carbocycles. The quantitative estimate of drug-likeness (QED) is 0.493. The van der Waals surface area contributed by atoms with E-state index in [2.05, 4.69) is 4.98 Å². The Bertz CT molecular complexity index is 1250. The van der Waals surface area contributed by atoms with Gasteiger partial charge in [0.2, 0.25) is 10.0 Å². The molecule has 0 bridgehead atoms. The lowest BCUT2D eigenvalue weighted by molar-refractivity contribution is 0.518. The van der Waals surface area contributed by atoms with Crippen LogP contribution in [0.25, 0.3) is 22.6 Å². The zero-order valence-corrected chi connectivity index (χ0v) is 16.8. The summed E-state index contributed by atoms with van der Waals surface area (Å²) in [6.45, 7) is 0. The number of hydrogen-bond acceptors (Lipinski definition) is 4. The van der Waals surface area contributed by atoms with Crippen LogP contribution in [0.15, 0.2) is 88.2 Å². The number of rotatable bonds is 5. The number of nitrogens with two attached hydrogens (primary N) is 1. The lowest BCUT2D eigenvalue weighted by Crippen LogP contribution is -2.13. The Labute approximate surface area is 173 Å². The molecular weight excluding hydrogens is 408 g/mol. The van der Waals surface area contributed by atoms with E-state index in [1.165, 1.54) is 6.07 Å². The second-order valence-electron chi connectivity index (χ2n) is 6.50. The van der Waals surface area contributed by atoms with Crippen LogP contribution >= 0.6 is 11.6 Å². The molecule has 3 aromatic carbocycles. The lowest BCUT2D eigenvalue weighted by atomic mass is 10.1. The standard InChI is InChI=1S/C22H17ClN2O3S/c23-17-12-10-16(11-13-17)21-22(18-8-4-5-9-19(18)29(24,26)27)28-20(25-21)14-15-6-2-1-3-7-15/h1-13H,14H2,(H2,24,26,27). The van der Waals surface area contributed by atoms with Gasteiger partial charge in [-0.1, -0.05) is 66.2 Å². The van der Waals surface area contributed by atoms with Gasteiger partial charge in [-0.25, -0.2) is 18.5 Å². The van der Waals surface area contributed by atoms with Crippen molar-refractivity contribution in [2.75, 3.05) is 0 Å². The van der Waals surface area contributed by atoms with E-state index in [0.29, 0.717) is 34.4 Å². The van der Waals surface area contributed by atoms with Gasteiger partial charge in [-0.2, -0.15) is 0 Å². The van der Waals surface area contributed by atoms with Crippen LogP contribution in [0.3, 0.4) is 0 Å². The lowest BCUT2D eigenvalue weighted by Gasteiger charge is -2.07. The first kappa shape index (κ1) is 19.4. The Balaban J connectivity index is 1.89. The van der Waals surface area contributed by atoms with Crippen LogP contribution < -0.4 is 5.14 Å². The molecule has 0 amide bonds. The van der Waals surface area contributed by atoms with Crippen molar-refractivity contribution in [2.24, 2.45) is 5.14 Å². The molecule has 146 valence electrons. The van der Waals surface area contributed by atoms with Gasteiger partial charge in [0.05, 0.1) is 4.90 Å². The largest absolute Gasteiger partial charge is 0.440 e. The molecule has 1 aromatic heterocycles. The summed E-state index contributed by atoms with van der Waals surface area (Å²) in [4.78, 5) is 4.64. The first-order chi connectivity index (χ1) is 13.9. The Hall–Kier alpha value is -2.93. The highest BCUT2D eigenvalue weighted by Gasteiger charge is 2.23. The summed E-state index contributed by atoms with van der Waals surface area (Å²) < 4.78 is 30.3. The van der Waals surface area contributed by atoms with Crippen LogP contribution in [0.1, 0.15) is 11.5 Å². The van der Waals surface area contributed by atoms with Gasteiger partial charge in [-0.15, -0.1) is 0 Å². The maximum atomic E-state index is 12.1. The molecule has 0 spiro atoms. The van der Waals surface area contributed by atoms with Gasteiger partial charge in [-0.05, 0) is 29.8 Å². The van der Waals surface area contributed by atoms with Gasteiger partial charge in [0.25, 0.3) is 0 Å². The van der Waals surface area contributed by atoms with Gasteiger partial charge < -0.3 is 4.42 Å². The molecular formula is C22H17ClN2O3S. The second-order valence-corrected chi connectivity index (χ2v) is 8.46. The number of aromatic nitrogens is 1. The zero-order chi connectivity index (χ0) is 20.4. The number of halogens is 1. The molecule has 0 atom stereocenters. The van der Waals surface area contributed by atoms with E-state index in [1.807, 2.05) is 42.5 Å². The number of oxazole rings is 1. The fraction of sp³-hybridized carbons (Fsp3) is 0.0455. The van der Waals surface area contributed by atoms with Crippen molar-refractivity contribution >= 4 is 21.6 Å². The van der Waals surface area contributed by atoms with Crippen LogP contribution in [0, 0.1) is 0 Å². The van der Waals surface area contributed by atoms with Crippen molar-refractivity contribution in [1.29, 1.82) is 0 Å². The number of primary sulfonamides is 1. The Morgan fingerprint density at radius 3 is 2.24 bits per heavy atom. The maximum absolute atomic E-state index is 12.1. The van der Waals surface area contributed by atoms with Crippen LogP contribution in [0.2, 0.25) is 5.02 Å². The van der Waals surface area contributed by atoms with Crippen LogP contribution in [-0.4, -0.2) is 13.4 Å². The van der Waals surface area contributed by atoms with Crippen molar-refractivity contribution in [3.05, 3.63) is 95.3 Å². The van der Waals surface area contributed by atoms with E-state index < -0.39 is 10.0 Å². The minimum Gasteiger partial charge on any atom is -0.440 e. The molecule has 0 saturated heterocycles. The van der Waals surface area contributed by atoms with Crippen molar-refractivity contribution < 1.29 is 12.8 Å². The number of sulfonamides is 1. The number of nitrogens with zero attached hydrogens (tertiary/aromatic N) is 1. The Morgan fingerprint density at radius 1 is 0.897 bits per heavy atom. The van der Waals surface area contributed by atoms with Crippen LogP contribution in [-0.2, 0) is 16.4 Å². The van der Waals surface area contributed by atoms with Gasteiger partial charge in [0, 0.05) is 22.6 Å². The predicted octanol–water partition coefficient (Wildman–Crippen LogP) is 4.90. The van der Waals surface area contributed by atoms with Crippen molar-refractivity contribution in [2.45, 2.75) is 11.3 Å². The highest BCUT2D eigenvalue weighted by Crippen LogP contribution is 2.36. The summed E-state index contributed by atoms with van der Waals surface area (Å²) in [5.41, 5.74) is 2.69. The second kappa shape index (κ2) is 7.83. The summed E-state index contributed by atoms with van der Waals surface area (Å²) in [6, 6.07) is 23.4. The molecule has 4 rings (SSSR count). The summed E-state index contributed by atoms with van der Waals surface area (Å²) in [5, 5.41) is 6.02. The molecule has 1 heterocycles. The van der Waals surface area contributed by atoms with Gasteiger partial charge >= 0.3 is 0 Å². The SMILES string of the molecule is NS(=O)(=O)c1ccccc1-c1oc(Cc2ccccc2)nc1-c1ccc(Cl)cc1. The number of hydrogen-bond donors (Lipinski definition) is 1. The fourth-order valence-electron chi connectivity index (χ4n) is 3.10. The first-order valence-corrected chi connectivity index (χ1v) is 10.8. The van der Waals surface area contributed by atoms with Gasteiger partial charge in [0.1, 0.15) is 5.69 Å². The van der Waals surface area contributed by atoms with Crippen LogP contribution in [0.5, 0.6) is 0 Å². The Morgan fingerprint density at radius 2 is 1.55 bits per heavy atom.